The molecule has 13 heteroatoms. The number of halogens is 12. The van der Waals surface area contributed by atoms with Gasteiger partial charge in [-0.3, -0.25) is 4.74 Å². The lowest BCUT2D eigenvalue weighted by atomic mass is 9.93. The number of ether oxygens (including phenoxy) is 1. The van der Waals surface area contributed by atoms with E-state index in [1.54, 1.807) is 4.74 Å². The molecular formula is C6F12O. The van der Waals surface area contributed by atoms with Gasteiger partial charge in [0.25, 0.3) is 0 Å². The van der Waals surface area contributed by atoms with Crippen LogP contribution in [0.2, 0.25) is 0 Å². The van der Waals surface area contributed by atoms with Crippen molar-refractivity contribution in [3.63, 3.8) is 0 Å². The van der Waals surface area contributed by atoms with Crippen LogP contribution in [0.25, 0.3) is 0 Å². The molecule has 0 aromatic carbocycles. The van der Waals surface area contributed by atoms with Gasteiger partial charge in [-0.25, -0.2) is 4.39 Å². The summed E-state index contributed by atoms with van der Waals surface area (Å²) in [4.78, 5) is 0. The Hall–Kier alpha value is -0.880. The van der Waals surface area contributed by atoms with Crippen molar-refractivity contribution < 1.29 is 57.4 Å². The quantitative estimate of drug-likeness (QED) is 0.619. The van der Waals surface area contributed by atoms with Crippen LogP contribution in [0.3, 0.4) is 0 Å². The Morgan fingerprint density at radius 3 is 1.16 bits per heavy atom. The SMILES string of the molecule is FC(F)(F)[C@]1(F)OC(F)(F)[C@](F)(C(F)(F)F)C1(F)F. The summed E-state index contributed by atoms with van der Waals surface area (Å²) in [5, 5.41) is 0. The second-order valence-electron chi connectivity index (χ2n) is 3.44. The van der Waals surface area contributed by atoms with Gasteiger partial charge >= 0.3 is 35.9 Å². The molecule has 114 valence electrons. The lowest BCUT2D eigenvalue weighted by Crippen LogP contribution is -2.66. The second-order valence-corrected chi connectivity index (χ2v) is 3.44. The zero-order valence-electron chi connectivity index (χ0n) is 7.94. The van der Waals surface area contributed by atoms with Gasteiger partial charge in [-0.15, -0.1) is 0 Å². The fourth-order valence-corrected chi connectivity index (χ4v) is 1.29. The standard InChI is InChI=1S/C6F12O/c7-1(4(11,12)13)2(8,9)3(10,5(14,15)16)19-6(1,17)18/t1-,3-/m1/s1. The fourth-order valence-electron chi connectivity index (χ4n) is 1.29. The summed E-state index contributed by atoms with van der Waals surface area (Å²) in [6, 6.07) is 0. The average Bonchev–Trinajstić information content (AvgIpc) is 2.21. The molecule has 2 atom stereocenters. The van der Waals surface area contributed by atoms with Gasteiger partial charge in [0.05, 0.1) is 0 Å². The summed E-state index contributed by atoms with van der Waals surface area (Å²) in [7, 11) is 0. The molecule has 0 aromatic rings. The fraction of sp³-hybridized carbons (Fsp3) is 1.00. The monoisotopic (exact) mass is 316 g/mol. The Morgan fingerprint density at radius 1 is 0.632 bits per heavy atom. The third-order valence-electron chi connectivity index (χ3n) is 2.26. The molecule has 1 aliphatic rings. The van der Waals surface area contributed by atoms with E-state index in [2.05, 4.69) is 0 Å². The van der Waals surface area contributed by atoms with Gasteiger partial charge in [-0.1, -0.05) is 0 Å². The summed E-state index contributed by atoms with van der Waals surface area (Å²) >= 11 is 0. The van der Waals surface area contributed by atoms with E-state index in [1.807, 2.05) is 0 Å². The molecule has 1 nitrogen and oxygen atoms in total. The Bertz CT molecular complexity index is 381. The van der Waals surface area contributed by atoms with Crippen molar-refractivity contribution in [1.82, 2.24) is 0 Å². The highest BCUT2D eigenvalue weighted by Gasteiger charge is 3.00. The van der Waals surface area contributed by atoms with Gasteiger partial charge in [0, 0.05) is 0 Å². The van der Waals surface area contributed by atoms with Crippen molar-refractivity contribution in [2.24, 2.45) is 0 Å². The molecule has 0 aliphatic carbocycles. The molecule has 1 aliphatic heterocycles. The highest BCUT2D eigenvalue weighted by atomic mass is 19.4. The molecular weight excluding hydrogens is 316 g/mol. The minimum Gasteiger partial charge on any atom is -0.267 e. The number of alkyl halides is 12. The van der Waals surface area contributed by atoms with Crippen LogP contribution in [-0.4, -0.2) is 35.9 Å². The zero-order valence-corrected chi connectivity index (χ0v) is 7.94. The van der Waals surface area contributed by atoms with Gasteiger partial charge in [0.15, 0.2) is 0 Å². The second kappa shape index (κ2) is 3.41. The third kappa shape index (κ3) is 1.56. The van der Waals surface area contributed by atoms with Gasteiger partial charge in [0.1, 0.15) is 0 Å². The van der Waals surface area contributed by atoms with Crippen LogP contribution in [0.4, 0.5) is 52.7 Å². The summed E-state index contributed by atoms with van der Waals surface area (Å²) in [5.74, 6) is -14.1. The first kappa shape index (κ1) is 16.2. The van der Waals surface area contributed by atoms with E-state index in [-0.39, 0.29) is 0 Å². The molecule has 0 unspecified atom stereocenters. The molecule has 0 radical (unpaired) electrons. The van der Waals surface area contributed by atoms with Crippen molar-refractivity contribution in [2.45, 2.75) is 35.9 Å². The molecule has 0 aromatic heterocycles. The molecule has 0 spiro atoms. The van der Waals surface area contributed by atoms with E-state index in [1.165, 1.54) is 0 Å². The van der Waals surface area contributed by atoms with E-state index in [0.717, 1.165) is 0 Å². The topological polar surface area (TPSA) is 9.23 Å². The van der Waals surface area contributed by atoms with Crippen LogP contribution in [-0.2, 0) is 4.74 Å². The van der Waals surface area contributed by atoms with Crippen LogP contribution in [0.1, 0.15) is 0 Å². The van der Waals surface area contributed by atoms with E-state index in [4.69, 9.17) is 0 Å². The summed E-state index contributed by atoms with van der Waals surface area (Å²) in [6.45, 7) is 0. The van der Waals surface area contributed by atoms with Crippen molar-refractivity contribution in [3.05, 3.63) is 0 Å². The van der Waals surface area contributed by atoms with Crippen LogP contribution >= 0.6 is 0 Å². The van der Waals surface area contributed by atoms with Crippen molar-refractivity contribution >= 4 is 0 Å². The molecule has 19 heavy (non-hydrogen) atoms. The normalized spacial score (nSPS) is 38.5. The largest absolute Gasteiger partial charge is 0.455 e. The van der Waals surface area contributed by atoms with Crippen LogP contribution in [0.15, 0.2) is 0 Å². The Morgan fingerprint density at radius 2 is 1.00 bits per heavy atom. The first-order valence-electron chi connectivity index (χ1n) is 3.93. The minimum atomic E-state index is -7.25. The summed E-state index contributed by atoms with van der Waals surface area (Å²) in [5.41, 5.74) is -7.17. The predicted molar refractivity (Wildman–Crippen MR) is 30.8 cm³/mol. The summed E-state index contributed by atoms with van der Waals surface area (Å²) < 4.78 is 149. The number of rotatable bonds is 0. The molecule has 1 rings (SSSR count). The predicted octanol–water partition coefficient (Wildman–Crippen LogP) is 3.74. The zero-order chi connectivity index (χ0) is 15.7. The van der Waals surface area contributed by atoms with E-state index >= 15 is 0 Å². The van der Waals surface area contributed by atoms with Crippen molar-refractivity contribution in [1.29, 1.82) is 0 Å². The number of hydrogen-bond donors (Lipinski definition) is 0. The maximum atomic E-state index is 12.9. The smallest absolute Gasteiger partial charge is 0.267 e. The van der Waals surface area contributed by atoms with Gasteiger partial charge in [-0.2, -0.15) is 48.3 Å². The van der Waals surface area contributed by atoms with Crippen LogP contribution in [0.5, 0.6) is 0 Å². The average molecular weight is 316 g/mol. The van der Waals surface area contributed by atoms with Crippen LogP contribution < -0.4 is 0 Å². The van der Waals surface area contributed by atoms with Crippen molar-refractivity contribution in [2.75, 3.05) is 0 Å². The highest BCUT2D eigenvalue weighted by Crippen LogP contribution is 2.68. The molecule has 1 fully saturated rings. The van der Waals surface area contributed by atoms with Gasteiger partial charge in [-0.05, 0) is 0 Å². The minimum absolute atomic E-state index is 1.79. The highest BCUT2D eigenvalue weighted by molar-refractivity contribution is 5.19. The van der Waals surface area contributed by atoms with Crippen molar-refractivity contribution in [3.8, 4) is 0 Å². The van der Waals surface area contributed by atoms with Gasteiger partial charge < -0.3 is 0 Å². The van der Waals surface area contributed by atoms with Gasteiger partial charge in [0.2, 0.25) is 0 Å². The molecule has 0 amide bonds. The van der Waals surface area contributed by atoms with E-state index in [0.29, 0.717) is 0 Å². The lowest BCUT2D eigenvalue weighted by molar-refractivity contribution is -0.406. The maximum absolute atomic E-state index is 12.9. The third-order valence-corrected chi connectivity index (χ3v) is 2.26. The maximum Gasteiger partial charge on any atom is 0.455 e. The van der Waals surface area contributed by atoms with E-state index < -0.39 is 35.9 Å². The molecule has 0 bridgehead atoms. The van der Waals surface area contributed by atoms with Crippen LogP contribution in [0, 0.1) is 0 Å². The first-order valence-corrected chi connectivity index (χ1v) is 3.93. The Kier molecular flexibility index (Phi) is 2.90. The lowest BCUT2D eigenvalue weighted by Gasteiger charge is -2.32. The van der Waals surface area contributed by atoms with E-state index in [9.17, 15) is 52.7 Å². The molecule has 0 saturated carbocycles. The first-order chi connectivity index (χ1) is 7.96. The molecule has 0 N–H and O–H groups in total. The molecule has 1 heterocycles. The number of hydrogen-bond acceptors (Lipinski definition) is 1. The Labute approximate surface area is 94.7 Å². The molecule has 1 saturated heterocycles. The Balaban J connectivity index is 3.62. The summed E-state index contributed by atoms with van der Waals surface area (Å²) in [6.07, 6.45) is -21.0.